The maximum atomic E-state index is 10.6. The third-order valence-corrected chi connectivity index (χ3v) is 1.95. The highest BCUT2D eigenvalue weighted by atomic mass is 16.5. The summed E-state index contributed by atoms with van der Waals surface area (Å²) in [6.07, 6.45) is 9.00. The fourth-order valence-electron chi connectivity index (χ4n) is 1.29. The molecule has 1 aliphatic carbocycles. The molecular weight excluding hydrogens is 168 g/mol. The Morgan fingerprint density at radius 3 is 3.15 bits per heavy atom. The van der Waals surface area contributed by atoms with Crippen molar-refractivity contribution in [3.8, 4) is 0 Å². The van der Waals surface area contributed by atoms with Gasteiger partial charge in [0.2, 0.25) is 0 Å². The summed E-state index contributed by atoms with van der Waals surface area (Å²) in [6, 6.07) is 0. The molecular formula is C10H8O3. The number of rotatable bonds is 1. The van der Waals surface area contributed by atoms with Gasteiger partial charge in [0.05, 0.1) is 6.26 Å². The second-order valence-corrected chi connectivity index (χ2v) is 2.82. The van der Waals surface area contributed by atoms with Crippen LogP contribution in [-0.4, -0.2) is 11.1 Å². The van der Waals surface area contributed by atoms with E-state index in [0.29, 0.717) is 12.0 Å². The van der Waals surface area contributed by atoms with Crippen molar-refractivity contribution in [3.63, 3.8) is 0 Å². The van der Waals surface area contributed by atoms with Crippen LogP contribution < -0.4 is 0 Å². The first kappa shape index (κ1) is 7.86. The average Bonchev–Trinajstić information content (AvgIpc) is 2.17. The summed E-state index contributed by atoms with van der Waals surface area (Å²) in [5.41, 5.74) is 1.22. The van der Waals surface area contributed by atoms with E-state index in [1.165, 1.54) is 0 Å². The second kappa shape index (κ2) is 2.94. The van der Waals surface area contributed by atoms with Crippen molar-refractivity contribution in [2.24, 2.45) is 0 Å². The second-order valence-electron chi connectivity index (χ2n) is 2.82. The van der Waals surface area contributed by atoms with Crippen LogP contribution in [0.2, 0.25) is 0 Å². The summed E-state index contributed by atoms with van der Waals surface area (Å²) in [6.45, 7) is 0. The number of aliphatic carboxylic acids is 1. The molecule has 3 heteroatoms. The molecule has 0 aromatic heterocycles. The molecule has 13 heavy (non-hydrogen) atoms. The predicted octanol–water partition coefficient (Wildman–Crippen LogP) is 1.76. The minimum atomic E-state index is -0.870. The van der Waals surface area contributed by atoms with Crippen LogP contribution in [0.5, 0.6) is 0 Å². The van der Waals surface area contributed by atoms with Gasteiger partial charge in [0.1, 0.15) is 5.76 Å². The highest BCUT2D eigenvalue weighted by Crippen LogP contribution is 2.26. The Kier molecular flexibility index (Phi) is 1.77. The van der Waals surface area contributed by atoms with Gasteiger partial charge in [-0.05, 0) is 24.3 Å². The Balaban J connectivity index is 2.34. The summed E-state index contributed by atoms with van der Waals surface area (Å²) in [5.74, 6) is -0.127. The molecule has 66 valence electrons. The summed E-state index contributed by atoms with van der Waals surface area (Å²) < 4.78 is 5.18. The Morgan fingerprint density at radius 1 is 1.54 bits per heavy atom. The zero-order chi connectivity index (χ0) is 9.26. The monoisotopic (exact) mass is 176 g/mol. The molecule has 0 aromatic rings. The third-order valence-electron chi connectivity index (χ3n) is 1.95. The number of ether oxygens (including phenoxy) is 1. The largest absolute Gasteiger partial charge is 0.478 e. The molecule has 2 rings (SSSR count). The Bertz CT molecular complexity index is 370. The highest BCUT2D eigenvalue weighted by Gasteiger charge is 2.16. The van der Waals surface area contributed by atoms with Crippen molar-refractivity contribution in [1.29, 1.82) is 0 Å². The minimum absolute atomic E-state index is 0.397. The number of carboxylic acid groups (broad SMARTS) is 1. The average molecular weight is 176 g/mol. The molecule has 1 heterocycles. The Morgan fingerprint density at radius 2 is 2.38 bits per heavy atom. The van der Waals surface area contributed by atoms with Gasteiger partial charge in [0, 0.05) is 17.6 Å². The molecule has 0 unspecified atom stereocenters. The van der Waals surface area contributed by atoms with E-state index in [-0.39, 0.29) is 0 Å². The lowest BCUT2D eigenvalue weighted by molar-refractivity contribution is -0.132. The molecule has 0 amide bonds. The van der Waals surface area contributed by atoms with E-state index < -0.39 is 5.97 Å². The predicted molar refractivity (Wildman–Crippen MR) is 46.7 cm³/mol. The number of hydrogen-bond donors (Lipinski definition) is 1. The molecule has 0 radical (unpaired) electrons. The SMILES string of the molecule is O=C(O)C1=CC2=CC=COC2=CC1. The molecule has 0 aromatic carbocycles. The summed E-state index contributed by atoms with van der Waals surface area (Å²) >= 11 is 0. The van der Waals surface area contributed by atoms with Gasteiger partial charge >= 0.3 is 5.97 Å². The summed E-state index contributed by atoms with van der Waals surface area (Å²) in [5, 5.41) is 8.74. The van der Waals surface area contributed by atoms with Crippen LogP contribution in [0.15, 0.2) is 47.5 Å². The molecule has 1 aliphatic heterocycles. The van der Waals surface area contributed by atoms with Gasteiger partial charge in [-0.25, -0.2) is 4.79 Å². The smallest absolute Gasteiger partial charge is 0.331 e. The fraction of sp³-hybridized carbons (Fsp3) is 0.100. The van der Waals surface area contributed by atoms with Gasteiger partial charge < -0.3 is 9.84 Å². The minimum Gasteiger partial charge on any atom is -0.478 e. The number of allylic oxidation sites excluding steroid dienone is 4. The van der Waals surface area contributed by atoms with Crippen LogP contribution in [0.3, 0.4) is 0 Å². The fourth-order valence-corrected chi connectivity index (χ4v) is 1.29. The Labute approximate surface area is 75.3 Å². The van der Waals surface area contributed by atoms with Crippen LogP contribution in [0.1, 0.15) is 6.42 Å². The molecule has 0 atom stereocenters. The van der Waals surface area contributed by atoms with Crippen molar-refractivity contribution >= 4 is 5.97 Å². The highest BCUT2D eigenvalue weighted by molar-refractivity contribution is 5.88. The van der Waals surface area contributed by atoms with Crippen LogP contribution in [0.25, 0.3) is 0 Å². The van der Waals surface area contributed by atoms with Gasteiger partial charge in [0.15, 0.2) is 0 Å². The zero-order valence-corrected chi connectivity index (χ0v) is 6.86. The van der Waals surface area contributed by atoms with Crippen molar-refractivity contribution in [2.45, 2.75) is 6.42 Å². The first-order valence-corrected chi connectivity index (χ1v) is 3.95. The van der Waals surface area contributed by atoms with Gasteiger partial charge in [-0.3, -0.25) is 0 Å². The molecule has 0 fully saturated rings. The quantitative estimate of drug-likeness (QED) is 0.662. The summed E-state index contributed by atoms with van der Waals surface area (Å²) in [4.78, 5) is 10.6. The Hall–Kier alpha value is -1.77. The van der Waals surface area contributed by atoms with Crippen LogP contribution in [0.4, 0.5) is 0 Å². The van der Waals surface area contributed by atoms with Crippen LogP contribution >= 0.6 is 0 Å². The zero-order valence-electron chi connectivity index (χ0n) is 6.86. The maximum Gasteiger partial charge on any atom is 0.331 e. The molecule has 0 saturated carbocycles. The van der Waals surface area contributed by atoms with Gasteiger partial charge in [-0.1, -0.05) is 0 Å². The standard InChI is InChI=1S/C10H8O3/c11-10(12)8-3-4-9-7(6-8)2-1-5-13-9/h1-2,4-6H,3H2,(H,11,12). The maximum absolute atomic E-state index is 10.6. The van der Waals surface area contributed by atoms with Crippen LogP contribution in [-0.2, 0) is 9.53 Å². The first-order valence-electron chi connectivity index (χ1n) is 3.95. The summed E-state index contributed by atoms with van der Waals surface area (Å²) in [7, 11) is 0. The number of carboxylic acids is 1. The van der Waals surface area contributed by atoms with Gasteiger partial charge in [0.25, 0.3) is 0 Å². The van der Waals surface area contributed by atoms with E-state index in [4.69, 9.17) is 9.84 Å². The topological polar surface area (TPSA) is 46.5 Å². The van der Waals surface area contributed by atoms with E-state index in [1.807, 2.05) is 6.08 Å². The lowest BCUT2D eigenvalue weighted by Gasteiger charge is -2.15. The molecule has 0 bridgehead atoms. The van der Waals surface area contributed by atoms with E-state index in [9.17, 15) is 4.79 Å². The third kappa shape index (κ3) is 1.40. The molecule has 3 nitrogen and oxygen atoms in total. The number of hydrogen-bond acceptors (Lipinski definition) is 2. The normalized spacial score (nSPS) is 19.2. The van der Waals surface area contributed by atoms with Crippen LogP contribution in [0, 0.1) is 0 Å². The first-order chi connectivity index (χ1) is 6.27. The lowest BCUT2D eigenvalue weighted by Crippen LogP contribution is -2.06. The van der Waals surface area contributed by atoms with Gasteiger partial charge in [-0.15, -0.1) is 0 Å². The molecule has 1 N–H and O–H groups in total. The van der Waals surface area contributed by atoms with E-state index in [2.05, 4.69) is 0 Å². The molecule has 0 saturated heterocycles. The van der Waals surface area contributed by atoms with Crippen molar-refractivity contribution < 1.29 is 14.6 Å². The molecule has 2 aliphatic rings. The van der Waals surface area contributed by atoms with E-state index in [0.717, 1.165) is 11.3 Å². The van der Waals surface area contributed by atoms with E-state index >= 15 is 0 Å². The van der Waals surface area contributed by atoms with Crippen molar-refractivity contribution in [3.05, 3.63) is 47.5 Å². The lowest BCUT2D eigenvalue weighted by atomic mass is 9.99. The van der Waals surface area contributed by atoms with Crippen molar-refractivity contribution in [2.75, 3.05) is 0 Å². The van der Waals surface area contributed by atoms with Gasteiger partial charge in [-0.2, -0.15) is 0 Å². The van der Waals surface area contributed by atoms with E-state index in [1.54, 1.807) is 24.5 Å². The van der Waals surface area contributed by atoms with Crippen molar-refractivity contribution in [1.82, 2.24) is 0 Å². The number of carbonyl (C=O) groups is 1. The molecule has 0 spiro atoms. The number of fused-ring (bicyclic) bond motifs is 1.